The Bertz CT molecular complexity index is 778. The molecule has 0 saturated carbocycles. The Morgan fingerprint density at radius 2 is 1.94 bits per heavy atom. The minimum Gasteiger partial charge on any atom is -0.504 e. The number of nitrogens with one attached hydrogen (secondary N) is 1. The number of H-pyrrole nitrogens is 1. The van der Waals surface area contributed by atoms with Gasteiger partial charge in [-0.15, -0.1) is 10.2 Å². The summed E-state index contributed by atoms with van der Waals surface area (Å²) >= 11 is 0. The number of nitrogens with zero attached hydrogens (tertiary/aromatic N) is 3. The number of aromatic hydroxyl groups is 2. The van der Waals surface area contributed by atoms with Gasteiger partial charge in [-0.2, -0.15) is 5.21 Å². The summed E-state index contributed by atoms with van der Waals surface area (Å²) in [6.45, 7) is 0. The summed E-state index contributed by atoms with van der Waals surface area (Å²) in [5.41, 5.74) is -0.391. The fraction of sp³-hybridized carbons (Fsp3) is 0. The molecular weight excluding hydrogens is 240 g/mol. The van der Waals surface area contributed by atoms with Gasteiger partial charge in [0.1, 0.15) is 11.1 Å². The topological polar surface area (TPSA) is 125 Å². The molecule has 0 atom stereocenters. The van der Waals surface area contributed by atoms with Crippen molar-refractivity contribution in [1.82, 2.24) is 20.6 Å². The summed E-state index contributed by atoms with van der Waals surface area (Å²) in [6, 6.07) is 3.88. The Morgan fingerprint density at radius 1 is 1.17 bits per heavy atom. The highest BCUT2D eigenvalue weighted by Crippen LogP contribution is 2.30. The molecule has 0 aliphatic heterocycles. The van der Waals surface area contributed by atoms with Crippen molar-refractivity contribution >= 4 is 11.0 Å². The van der Waals surface area contributed by atoms with Gasteiger partial charge in [0.25, 0.3) is 0 Å². The number of tetrazole rings is 1. The van der Waals surface area contributed by atoms with Crippen LogP contribution in [-0.4, -0.2) is 30.8 Å². The monoisotopic (exact) mass is 246 g/mol. The predicted molar refractivity (Wildman–Crippen MR) is 59.0 cm³/mol. The van der Waals surface area contributed by atoms with Gasteiger partial charge in [0, 0.05) is 11.5 Å². The van der Waals surface area contributed by atoms with Crippen LogP contribution >= 0.6 is 0 Å². The van der Waals surface area contributed by atoms with Gasteiger partial charge in [-0.3, -0.25) is 0 Å². The van der Waals surface area contributed by atoms with Crippen LogP contribution in [0, 0.1) is 0 Å². The number of fused-ring (bicyclic) bond motifs is 1. The lowest BCUT2D eigenvalue weighted by atomic mass is 10.1. The van der Waals surface area contributed by atoms with E-state index in [1.807, 2.05) is 0 Å². The zero-order chi connectivity index (χ0) is 12.7. The van der Waals surface area contributed by atoms with Gasteiger partial charge in [-0.05, 0) is 17.3 Å². The number of benzene rings is 1. The van der Waals surface area contributed by atoms with Crippen LogP contribution < -0.4 is 5.63 Å². The molecule has 90 valence electrons. The van der Waals surface area contributed by atoms with Gasteiger partial charge in [0.05, 0.1) is 0 Å². The van der Waals surface area contributed by atoms with Crippen molar-refractivity contribution in [2.45, 2.75) is 0 Å². The van der Waals surface area contributed by atoms with E-state index < -0.39 is 5.63 Å². The molecule has 8 nitrogen and oxygen atoms in total. The third kappa shape index (κ3) is 1.47. The SMILES string of the molecule is O=c1oc2cc(O)c(O)cc2cc1-c1nn[nH]n1. The molecule has 0 radical (unpaired) electrons. The van der Waals surface area contributed by atoms with Crippen LogP contribution in [0.3, 0.4) is 0 Å². The van der Waals surface area contributed by atoms with Crippen molar-refractivity contribution < 1.29 is 14.6 Å². The summed E-state index contributed by atoms with van der Waals surface area (Å²) in [5.74, 6) is -0.577. The Kier molecular flexibility index (Phi) is 2.03. The summed E-state index contributed by atoms with van der Waals surface area (Å²) in [6.07, 6.45) is 0. The number of phenolic OH excluding ortho intramolecular Hbond substituents is 2. The third-order valence-electron chi connectivity index (χ3n) is 2.42. The highest BCUT2D eigenvalue weighted by atomic mass is 16.4. The predicted octanol–water partition coefficient (Wildman–Crippen LogP) is 0.384. The first-order chi connectivity index (χ1) is 8.65. The molecule has 0 spiro atoms. The molecule has 3 N–H and O–H groups in total. The van der Waals surface area contributed by atoms with E-state index in [9.17, 15) is 15.0 Å². The summed E-state index contributed by atoms with van der Waals surface area (Å²) in [4.78, 5) is 11.7. The lowest BCUT2D eigenvalue weighted by molar-refractivity contribution is 0.403. The number of hydrogen-bond donors (Lipinski definition) is 3. The second kappa shape index (κ2) is 3.55. The average molecular weight is 246 g/mol. The van der Waals surface area contributed by atoms with E-state index in [2.05, 4.69) is 20.6 Å². The van der Waals surface area contributed by atoms with Crippen LogP contribution in [0.25, 0.3) is 22.4 Å². The van der Waals surface area contributed by atoms with Gasteiger partial charge in [0.15, 0.2) is 11.5 Å². The maximum Gasteiger partial charge on any atom is 0.347 e. The van der Waals surface area contributed by atoms with Gasteiger partial charge in [-0.1, -0.05) is 0 Å². The number of aromatic amines is 1. The molecule has 0 amide bonds. The van der Waals surface area contributed by atoms with Crippen LogP contribution in [0.1, 0.15) is 0 Å². The molecule has 0 aliphatic carbocycles. The molecular formula is C10H6N4O4. The molecule has 2 aromatic heterocycles. The average Bonchev–Trinajstić information content (AvgIpc) is 2.84. The fourth-order valence-electron chi connectivity index (χ4n) is 1.58. The molecule has 8 heteroatoms. The smallest absolute Gasteiger partial charge is 0.347 e. The lowest BCUT2D eigenvalue weighted by Crippen LogP contribution is -2.03. The maximum absolute atomic E-state index is 11.7. The summed E-state index contributed by atoms with van der Waals surface area (Å²) in [5, 5.41) is 32.1. The molecule has 0 saturated heterocycles. The largest absolute Gasteiger partial charge is 0.504 e. The van der Waals surface area contributed by atoms with Crippen LogP contribution in [0.15, 0.2) is 27.4 Å². The molecule has 3 aromatic rings. The van der Waals surface area contributed by atoms with Crippen LogP contribution in [0.5, 0.6) is 11.5 Å². The van der Waals surface area contributed by atoms with E-state index in [0.717, 1.165) is 6.07 Å². The van der Waals surface area contributed by atoms with E-state index >= 15 is 0 Å². The van der Waals surface area contributed by atoms with E-state index in [1.54, 1.807) is 0 Å². The zero-order valence-electron chi connectivity index (χ0n) is 8.78. The highest BCUT2D eigenvalue weighted by Gasteiger charge is 2.13. The normalized spacial score (nSPS) is 10.9. The van der Waals surface area contributed by atoms with Crippen molar-refractivity contribution in [1.29, 1.82) is 0 Å². The van der Waals surface area contributed by atoms with Crippen molar-refractivity contribution in [2.75, 3.05) is 0 Å². The van der Waals surface area contributed by atoms with E-state index in [-0.39, 0.29) is 28.5 Å². The van der Waals surface area contributed by atoms with E-state index in [1.165, 1.54) is 12.1 Å². The van der Waals surface area contributed by atoms with Crippen molar-refractivity contribution in [2.24, 2.45) is 0 Å². The molecule has 0 unspecified atom stereocenters. The van der Waals surface area contributed by atoms with Crippen molar-refractivity contribution in [3.05, 3.63) is 28.6 Å². The fourth-order valence-corrected chi connectivity index (χ4v) is 1.58. The number of phenols is 2. The molecule has 2 heterocycles. The van der Waals surface area contributed by atoms with Gasteiger partial charge < -0.3 is 14.6 Å². The standard InChI is InChI=1S/C10H6N4O4/c15-6-2-4-1-5(9-11-13-14-12-9)10(17)18-8(4)3-7(6)16/h1-3,15-16H,(H,11,12,13,14). The van der Waals surface area contributed by atoms with Crippen molar-refractivity contribution in [3.63, 3.8) is 0 Å². The minimum atomic E-state index is -0.658. The first kappa shape index (κ1) is 10.3. The van der Waals surface area contributed by atoms with Crippen LogP contribution in [-0.2, 0) is 0 Å². The molecule has 0 bridgehead atoms. The second-order valence-corrected chi connectivity index (χ2v) is 3.56. The Balaban J connectivity index is 2.33. The Hall–Kier alpha value is -2.90. The molecule has 0 fully saturated rings. The first-order valence-electron chi connectivity index (χ1n) is 4.89. The summed E-state index contributed by atoms with van der Waals surface area (Å²) < 4.78 is 5.00. The Morgan fingerprint density at radius 3 is 2.67 bits per heavy atom. The van der Waals surface area contributed by atoms with E-state index in [4.69, 9.17) is 4.42 Å². The molecule has 0 aliphatic rings. The van der Waals surface area contributed by atoms with Crippen LogP contribution in [0.2, 0.25) is 0 Å². The van der Waals surface area contributed by atoms with Crippen LogP contribution in [0.4, 0.5) is 0 Å². The molecule has 1 aromatic carbocycles. The van der Waals surface area contributed by atoms with Crippen molar-refractivity contribution in [3.8, 4) is 22.9 Å². The molecule has 3 rings (SSSR count). The first-order valence-corrected chi connectivity index (χ1v) is 4.89. The van der Waals surface area contributed by atoms with Gasteiger partial charge in [0.2, 0.25) is 5.82 Å². The highest BCUT2D eigenvalue weighted by molar-refractivity contribution is 5.83. The number of hydrogen-bond acceptors (Lipinski definition) is 7. The summed E-state index contributed by atoms with van der Waals surface area (Å²) in [7, 11) is 0. The maximum atomic E-state index is 11.7. The quantitative estimate of drug-likeness (QED) is 0.418. The molecule has 18 heavy (non-hydrogen) atoms. The number of rotatable bonds is 1. The third-order valence-corrected chi connectivity index (χ3v) is 2.42. The van der Waals surface area contributed by atoms with Gasteiger partial charge in [-0.25, -0.2) is 4.79 Å². The zero-order valence-corrected chi connectivity index (χ0v) is 8.78. The van der Waals surface area contributed by atoms with E-state index in [0.29, 0.717) is 5.39 Å². The number of aromatic nitrogens is 4. The second-order valence-electron chi connectivity index (χ2n) is 3.56. The minimum absolute atomic E-state index is 0.0956. The Labute approximate surface area is 98.5 Å². The van der Waals surface area contributed by atoms with Gasteiger partial charge >= 0.3 is 5.63 Å². The lowest BCUT2D eigenvalue weighted by Gasteiger charge is -2.01.